The SMILES string of the molecule is Cc1ccc(S(=O)(=O)N(c2ccccc2Br)S(=O)(=O)c2ccc(C)cc2)cc1. The number of anilines is 1. The Morgan fingerprint density at radius 1 is 0.643 bits per heavy atom. The molecule has 5 nitrogen and oxygen atoms in total. The van der Waals surface area contributed by atoms with Crippen LogP contribution in [0.4, 0.5) is 5.69 Å². The van der Waals surface area contributed by atoms with Crippen molar-refractivity contribution >= 4 is 41.7 Å². The van der Waals surface area contributed by atoms with E-state index in [9.17, 15) is 16.8 Å². The summed E-state index contributed by atoms with van der Waals surface area (Å²) in [5.74, 6) is 0. The summed E-state index contributed by atoms with van der Waals surface area (Å²) in [5.41, 5.74) is 1.75. The molecular formula is C20H18BrNO4S2. The van der Waals surface area contributed by atoms with Crippen LogP contribution in [0.15, 0.2) is 87.1 Å². The van der Waals surface area contributed by atoms with Gasteiger partial charge in [-0.25, -0.2) is 16.8 Å². The summed E-state index contributed by atoms with van der Waals surface area (Å²) in [6.07, 6.45) is 0. The van der Waals surface area contributed by atoms with E-state index < -0.39 is 20.0 Å². The van der Waals surface area contributed by atoms with Crippen molar-refractivity contribution in [1.82, 2.24) is 0 Å². The van der Waals surface area contributed by atoms with Crippen molar-refractivity contribution in [3.8, 4) is 0 Å². The van der Waals surface area contributed by atoms with Gasteiger partial charge in [0.05, 0.1) is 15.5 Å². The van der Waals surface area contributed by atoms with Gasteiger partial charge in [0.25, 0.3) is 20.0 Å². The average molecular weight is 480 g/mol. The lowest BCUT2D eigenvalue weighted by Crippen LogP contribution is -2.37. The minimum Gasteiger partial charge on any atom is -0.200 e. The summed E-state index contributed by atoms with van der Waals surface area (Å²) in [6.45, 7) is 3.65. The van der Waals surface area contributed by atoms with E-state index in [1.54, 1.807) is 42.5 Å². The van der Waals surface area contributed by atoms with Crippen LogP contribution in [0, 0.1) is 13.8 Å². The first-order chi connectivity index (χ1) is 13.1. The Kier molecular flexibility index (Phi) is 5.65. The number of hydrogen-bond donors (Lipinski definition) is 0. The smallest absolute Gasteiger partial charge is 0.200 e. The molecule has 0 N–H and O–H groups in total. The molecule has 0 fully saturated rings. The van der Waals surface area contributed by atoms with E-state index in [2.05, 4.69) is 15.9 Å². The van der Waals surface area contributed by atoms with Crippen LogP contribution in [0.3, 0.4) is 0 Å². The fraction of sp³-hybridized carbons (Fsp3) is 0.100. The third kappa shape index (κ3) is 3.85. The summed E-state index contributed by atoms with van der Waals surface area (Å²) in [7, 11) is -8.79. The van der Waals surface area contributed by atoms with Crippen molar-refractivity contribution in [2.24, 2.45) is 0 Å². The van der Waals surface area contributed by atoms with E-state index in [4.69, 9.17) is 0 Å². The largest absolute Gasteiger partial charge is 0.277 e. The number of rotatable bonds is 5. The highest BCUT2D eigenvalue weighted by molar-refractivity contribution is 9.10. The minimum absolute atomic E-state index is 0.0173. The van der Waals surface area contributed by atoms with E-state index in [1.807, 2.05) is 13.8 Å². The molecule has 0 unspecified atom stereocenters. The summed E-state index contributed by atoms with van der Waals surface area (Å²) < 4.78 is 54.5. The van der Waals surface area contributed by atoms with Gasteiger partial charge in [-0.1, -0.05) is 47.5 Å². The Labute approximate surface area is 173 Å². The lowest BCUT2D eigenvalue weighted by atomic mass is 10.2. The number of benzene rings is 3. The highest BCUT2D eigenvalue weighted by atomic mass is 79.9. The third-order valence-electron chi connectivity index (χ3n) is 4.12. The molecule has 8 heteroatoms. The molecule has 0 atom stereocenters. The number of hydrogen-bond acceptors (Lipinski definition) is 4. The Morgan fingerprint density at radius 2 is 1.04 bits per heavy atom. The molecule has 0 aromatic heterocycles. The van der Waals surface area contributed by atoms with Crippen LogP contribution in [0.1, 0.15) is 11.1 Å². The van der Waals surface area contributed by atoms with Crippen LogP contribution in [-0.4, -0.2) is 16.8 Å². The quantitative estimate of drug-likeness (QED) is 0.533. The maximum absolute atomic E-state index is 13.4. The van der Waals surface area contributed by atoms with Gasteiger partial charge in [-0.2, -0.15) is 3.71 Å². The third-order valence-corrected chi connectivity index (χ3v) is 8.97. The van der Waals surface area contributed by atoms with E-state index in [0.29, 0.717) is 8.18 Å². The molecule has 0 radical (unpaired) electrons. The number of halogens is 1. The highest BCUT2D eigenvalue weighted by Gasteiger charge is 2.37. The predicted molar refractivity (Wildman–Crippen MR) is 113 cm³/mol. The van der Waals surface area contributed by atoms with Gasteiger partial charge in [0.2, 0.25) is 0 Å². The molecular weight excluding hydrogens is 462 g/mol. The van der Waals surface area contributed by atoms with Gasteiger partial charge in [0.15, 0.2) is 0 Å². The van der Waals surface area contributed by atoms with Crippen LogP contribution >= 0.6 is 15.9 Å². The molecule has 0 heterocycles. The molecule has 0 aliphatic heterocycles. The van der Waals surface area contributed by atoms with Crippen molar-refractivity contribution < 1.29 is 16.8 Å². The second-order valence-corrected chi connectivity index (χ2v) is 10.9. The molecule has 0 saturated carbocycles. The highest BCUT2D eigenvalue weighted by Crippen LogP contribution is 2.35. The molecule has 3 aromatic rings. The standard InChI is InChI=1S/C20H18BrNO4S2/c1-15-7-11-17(12-8-15)27(23,24)22(20-6-4-3-5-19(20)21)28(25,26)18-13-9-16(2)10-14-18/h3-14H,1-2H3. The van der Waals surface area contributed by atoms with Crippen LogP contribution in [0.2, 0.25) is 0 Å². The van der Waals surface area contributed by atoms with Crippen LogP contribution in [0.25, 0.3) is 0 Å². The zero-order valence-electron chi connectivity index (χ0n) is 15.2. The monoisotopic (exact) mass is 479 g/mol. The molecule has 0 aliphatic rings. The molecule has 3 rings (SSSR count). The second kappa shape index (κ2) is 7.69. The van der Waals surface area contributed by atoms with E-state index >= 15 is 0 Å². The zero-order valence-corrected chi connectivity index (χ0v) is 18.4. The fourth-order valence-electron chi connectivity index (χ4n) is 2.60. The first-order valence-electron chi connectivity index (χ1n) is 8.32. The van der Waals surface area contributed by atoms with E-state index in [0.717, 1.165) is 11.1 Å². The van der Waals surface area contributed by atoms with E-state index in [1.165, 1.54) is 30.3 Å². The Morgan fingerprint density at radius 3 is 1.43 bits per heavy atom. The number of nitrogens with zero attached hydrogens (tertiary/aromatic N) is 1. The molecule has 0 spiro atoms. The number of aryl methyl sites for hydroxylation is 2. The van der Waals surface area contributed by atoms with Gasteiger partial charge in [0.1, 0.15) is 0 Å². The topological polar surface area (TPSA) is 71.5 Å². The Bertz CT molecular complexity index is 1130. The predicted octanol–water partition coefficient (Wildman–Crippen LogP) is 4.65. The van der Waals surface area contributed by atoms with Gasteiger partial charge < -0.3 is 0 Å². The first-order valence-corrected chi connectivity index (χ1v) is 12.0. The van der Waals surface area contributed by atoms with Gasteiger partial charge in [0, 0.05) is 4.47 Å². The van der Waals surface area contributed by atoms with Crippen molar-refractivity contribution in [3.63, 3.8) is 0 Å². The molecule has 0 amide bonds. The maximum atomic E-state index is 13.4. The summed E-state index contributed by atoms with van der Waals surface area (Å²) in [6, 6.07) is 18.4. The van der Waals surface area contributed by atoms with Crippen LogP contribution in [0.5, 0.6) is 0 Å². The summed E-state index contributed by atoms with van der Waals surface area (Å²) in [5, 5.41) is 0. The molecule has 28 heavy (non-hydrogen) atoms. The second-order valence-electron chi connectivity index (χ2n) is 6.28. The lowest BCUT2D eigenvalue weighted by Gasteiger charge is -2.25. The molecule has 3 aromatic carbocycles. The summed E-state index contributed by atoms with van der Waals surface area (Å²) >= 11 is 3.28. The van der Waals surface area contributed by atoms with Gasteiger partial charge in [-0.15, -0.1) is 0 Å². The van der Waals surface area contributed by atoms with E-state index in [-0.39, 0.29) is 15.5 Å². The Hall–Kier alpha value is -2.16. The van der Waals surface area contributed by atoms with Crippen molar-refractivity contribution in [2.75, 3.05) is 3.71 Å². The fourth-order valence-corrected chi connectivity index (χ4v) is 7.03. The maximum Gasteiger partial charge on any atom is 0.277 e. The first kappa shape index (κ1) is 20.6. The van der Waals surface area contributed by atoms with Crippen LogP contribution < -0.4 is 3.71 Å². The van der Waals surface area contributed by atoms with Gasteiger partial charge in [-0.3, -0.25) is 0 Å². The molecule has 0 aliphatic carbocycles. The van der Waals surface area contributed by atoms with Gasteiger partial charge in [-0.05, 0) is 66.2 Å². The number of sulfonamides is 2. The molecule has 0 bridgehead atoms. The van der Waals surface area contributed by atoms with Crippen molar-refractivity contribution in [3.05, 3.63) is 88.4 Å². The van der Waals surface area contributed by atoms with Crippen molar-refractivity contribution in [1.29, 1.82) is 0 Å². The normalized spacial score (nSPS) is 12.0. The van der Waals surface area contributed by atoms with Crippen LogP contribution in [-0.2, 0) is 20.0 Å². The average Bonchev–Trinajstić information content (AvgIpc) is 2.64. The molecule has 0 saturated heterocycles. The molecule has 146 valence electrons. The minimum atomic E-state index is -4.39. The Balaban J connectivity index is 2.28. The summed E-state index contributed by atoms with van der Waals surface area (Å²) in [4.78, 5) is -0.214. The van der Waals surface area contributed by atoms with Crippen molar-refractivity contribution in [2.45, 2.75) is 23.6 Å². The zero-order chi connectivity index (χ0) is 20.5. The lowest BCUT2D eigenvalue weighted by molar-refractivity contribution is 0.584. The number of para-hydroxylation sites is 1. The van der Waals surface area contributed by atoms with Gasteiger partial charge >= 0.3 is 0 Å².